The molecular formula is C28H29FN7O+. The number of quaternary nitrogens is 1. The van der Waals surface area contributed by atoms with E-state index in [4.69, 9.17) is 5.41 Å². The molecule has 8 nitrogen and oxygen atoms in total. The van der Waals surface area contributed by atoms with E-state index in [0.29, 0.717) is 30.2 Å². The van der Waals surface area contributed by atoms with Crippen molar-refractivity contribution >= 4 is 29.2 Å². The fraction of sp³-hybridized carbons (Fsp3) is 0.179. The lowest BCUT2D eigenvalue weighted by molar-refractivity contribution is -0.584. The Labute approximate surface area is 214 Å². The maximum atomic E-state index is 14.2. The number of aromatic nitrogens is 3. The molecule has 0 aliphatic carbocycles. The van der Waals surface area contributed by atoms with Crippen molar-refractivity contribution in [2.45, 2.75) is 32.6 Å². The number of anilines is 2. The second-order valence-corrected chi connectivity index (χ2v) is 8.66. The van der Waals surface area contributed by atoms with E-state index in [9.17, 15) is 9.50 Å². The minimum atomic E-state index is -0.476. The average molecular weight is 499 g/mol. The number of pyridine rings is 1. The number of hydrogen-bond acceptors (Lipinski definition) is 7. The Hall–Kier alpha value is -4.50. The standard InChI is InChI=1S/C28H28FN7O/c1-3-21(30)13-18(2)27-26(29)17-32-28(35-27)36-33-16-23-11-12-24(15-31-23)34-22-9-7-19(8-10-22)20-5-4-6-25(37)14-20/h4-12,14-18,30,34,37H,3,13H2,1-2H3,(H,32,35,36)/p+1/b30-21?,33-16+. The van der Waals surface area contributed by atoms with Gasteiger partial charge in [-0.05, 0) is 60.4 Å². The van der Waals surface area contributed by atoms with E-state index in [1.165, 1.54) is 5.43 Å². The quantitative estimate of drug-likeness (QED) is 0.135. The predicted octanol–water partition coefficient (Wildman–Crippen LogP) is 5.28. The third-order valence-corrected chi connectivity index (χ3v) is 5.77. The van der Waals surface area contributed by atoms with Gasteiger partial charge in [-0.3, -0.25) is 4.98 Å². The lowest BCUT2D eigenvalue weighted by Crippen LogP contribution is -2.72. The summed E-state index contributed by atoms with van der Waals surface area (Å²) in [6, 6.07) is 18.8. The zero-order chi connectivity index (χ0) is 26.2. The number of hydrogen-bond donors (Lipinski definition) is 4. The van der Waals surface area contributed by atoms with Crippen LogP contribution in [0.3, 0.4) is 0 Å². The lowest BCUT2D eigenvalue weighted by atomic mass is 9.99. The van der Waals surface area contributed by atoms with Crippen molar-refractivity contribution in [1.29, 1.82) is 5.41 Å². The van der Waals surface area contributed by atoms with E-state index < -0.39 is 5.82 Å². The van der Waals surface area contributed by atoms with E-state index in [-0.39, 0.29) is 17.4 Å². The van der Waals surface area contributed by atoms with Crippen LogP contribution >= 0.6 is 0 Å². The number of rotatable bonds is 10. The van der Waals surface area contributed by atoms with Crippen molar-refractivity contribution in [1.82, 2.24) is 15.0 Å². The van der Waals surface area contributed by atoms with Gasteiger partial charge in [0.15, 0.2) is 5.82 Å². The summed E-state index contributed by atoms with van der Waals surface area (Å²) < 4.78 is 14.2. The van der Waals surface area contributed by atoms with Crippen LogP contribution in [0.1, 0.15) is 44.0 Å². The maximum absolute atomic E-state index is 14.2. The zero-order valence-electron chi connectivity index (χ0n) is 20.7. The van der Waals surface area contributed by atoms with Gasteiger partial charge in [0.05, 0.1) is 29.5 Å². The van der Waals surface area contributed by atoms with Crippen LogP contribution in [0.2, 0.25) is 0 Å². The molecule has 2 heterocycles. The van der Waals surface area contributed by atoms with Gasteiger partial charge in [-0.15, -0.1) is 0 Å². The number of phenolic OH excluding ortho intramolecular Hbond substituents is 1. The van der Waals surface area contributed by atoms with Gasteiger partial charge in [0.2, 0.25) is 0 Å². The van der Waals surface area contributed by atoms with Gasteiger partial charge < -0.3 is 15.8 Å². The number of phenols is 1. The fourth-order valence-corrected chi connectivity index (χ4v) is 3.75. The molecule has 0 bridgehead atoms. The van der Waals surface area contributed by atoms with E-state index in [0.717, 1.165) is 28.7 Å². The van der Waals surface area contributed by atoms with Crippen molar-refractivity contribution in [2.24, 2.45) is 5.10 Å². The number of halogens is 1. The molecular weight excluding hydrogens is 469 g/mol. The highest BCUT2D eigenvalue weighted by Gasteiger charge is 2.17. The molecule has 1 atom stereocenters. The first-order chi connectivity index (χ1) is 17.9. The summed E-state index contributed by atoms with van der Waals surface area (Å²) in [5, 5.41) is 25.1. The van der Waals surface area contributed by atoms with E-state index in [2.05, 4.69) is 25.4 Å². The average Bonchev–Trinajstić information content (AvgIpc) is 2.91. The highest BCUT2D eigenvalue weighted by Crippen LogP contribution is 2.25. The molecule has 0 amide bonds. The normalized spacial score (nSPS) is 12.0. The molecule has 2 aromatic carbocycles. The molecule has 4 aromatic rings. The van der Waals surface area contributed by atoms with Crippen molar-refractivity contribution in [2.75, 3.05) is 5.32 Å². The molecule has 2 aromatic heterocycles. The van der Waals surface area contributed by atoms with Crippen LogP contribution in [-0.4, -0.2) is 32.0 Å². The Morgan fingerprint density at radius 3 is 2.57 bits per heavy atom. The Morgan fingerprint density at radius 1 is 1.08 bits per heavy atom. The molecule has 0 aliphatic rings. The Balaban J connectivity index is 1.34. The van der Waals surface area contributed by atoms with Crippen molar-refractivity contribution in [3.05, 3.63) is 90.3 Å². The minimum Gasteiger partial charge on any atom is -0.508 e. The van der Waals surface area contributed by atoms with Gasteiger partial charge in [-0.25, -0.2) is 4.39 Å². The van der Waals surface area contributed by atoms with Crippen molar-refractivity contribution in [3.63, 3.8) is 0 Å². The molecule has 4 rings (SSSR count). The van der Waals surface area contributed by atoms with Gasteiger partial charge in [0.1, 0.15) is 12.0 Å². The summed E-state index contributed by atoms with van der Waals surface area (Å²) in [4.78, 5) is 12.7. The number of nitrogens with two attached hydrogens (primary N) is 1. The van der Waals surface area contributed by atoms with Crippen LogP contribution in [0, 0.1) is 11.2 Å². The zero-order valence-corrected chi connectivity index (χ0v) is 20.7. The van der Waals surface area contributed by atoms with Crippen molar-refractivity contribution in [3.8, 4) is 16.9 Å². The van der Waals surface area contributed by atoms with Crippen LogP contribution in [0.4, 0.5) is 21.7 Å². The highest BCUT2D eigenvalue weighted by molar-refractivity contribution is 5.81. The van der Waals surface area contributed by atoms with Crippen LogP contribution in [-0.2, 0) is 0 Å². The Morgan fingerprint density at radius 2 is 1.86 bits per heavy atom. The molecule has 0 saturated heterocycles. The lowest BCUT2D eigenvalue weighted by Gasteiger charge is -2.11. The first-order valence-corrected chi connectivity index (χ1v) is 12.0. The fourth-order valence-electron chi connectivity index (χ4n) is 3.75. The van der Waals surface area contributed by atoms with Gasteiger partial charge >= 0.3 is 5.95 Å². The number of benzene rings is 2. The molecule has 1 unspecified atom stereocenters. The number of aromatic hydroxyl groups is 1. The van der Waals surface area contributed by atoms with E-state index >= 15 is 0 Å². The first kappa shape index (κ1) is 25.6. The van der Waals surface area contributed by atoms with Crippen LogP contribution in [0.15, 0.2) is 78.2 Å². The monoisotopic (exact) mass is 498 g/mol. The van der Waals surface area contributed by atoms with Crippen LogP contribution in [0.5, 0.6) is 5.75 Å². The molecule has 0 aliphatic heterocycles. The second-order valence-electron chi connectivity index (χ2n) is 8.66. The summed E-state index contributed by atoms with van der Waals surface area (Å²) in [6.07, 6.45) is 5.52. The summed E-state index contributed by atoms with van der Waals surface area (Å²) >= 11 is 0. The molecule has 0 fully saturated rings. The smallest absolute Gasteiger partial charge is 0.352 e. The molecule has 37 heavy (non-hydrogen) atoms. The second kappa shape index (κ2) is 12.0. The molecule has 188 valence electrons. The van der Waals surface area contributed by atoms with Gasteiger partial charge in [0, 0.05) is 17.3 Å². The maximum Gasteiger partial charge on any atom is 0.352 e. The predicted molar refractivity (Wildman–Crippen MR) is 143 cm³/mol. The summed E-state index contributed by atoms with van der Waals surface area (Å²) in [7, 11) is 0. The van der Waals surface area contributed by atoms with Crippen molar-refractivity contribution < 1.29 is 14.9 Å². The topological polar surface area (TPSA) is 124 Å². The van der Waals surface area contributed by atoms with Gasteiger partial charge in [-0.1, -0.05) is 43.2 Å². The molecule has 5 N–H and O–H groups in total. The summed E-state index contributed by atoms with van der Waals surface area (Å²) in [5.41, 5.74) is 6.65. The van der Waals surface area contributed by atoms with Gasteiger partial charge in [-0.2, -0.15) is 15.4 Å². The summed E-state index contributed by atoms with van der Waals surface area (Å²) in [6.45, 7) is 3.76. The SMILES string of the molecule is CCC(=N)CC(C)c1nc([NH2+]/N=C/c2ccc(Nc3ccc(-c4cccc(O)c4)cc3)cn2)ncc1F. The largest absolute Gasteiger partial charge is 0.508 e. The summed E-state index contributed by atoms with van der Waals surface area (Å²) in [5.74, 6) is -0.149. The molecule has 0 saturated carbocycles. The van der Waals surface area contributed by atoms with Crippen LogP contribution in [0.25, 0.3) is 11.1 Å². The Kier molecular flexibility index (Phi) is 8.27. The molecule has 0 spiro atoms. The Bertz CT molecular complexity index is 1390. The van der Waals surface area contributed by atoms with E-state index in [1.54, 1.807) is 24.5 Å². The minimum absolute atomic E-state index is 0.212. The molecule has 0 radical (unpaired) electrons. The molecule has 9 heteroatoms. The van der Waals surface area contributed by atoms with E-state index in [1.807, 2.05) is 62.4 Å². The van der Waals surface area contributed by atoms with Gasteiger partial charge in [0.25, 0.3) is 0 Å². The first-order valence-electron chi connectivity index (χ1n) is 12.0. The number of nitrogens with zero attached hydrogens (tertiary/aromatic N) is 4. The highest BCUT2D eigenvalue weighted by atomic mass is 19.1. The third kappa shape index (κ3) is 7.02. The van der Waals surface area contributed by atoms with Crippen LogP contribution < -0.4 is 10.7 Å². The third-order valence-electron chi connectivity index (χ3n) is 5.77. The number of nitrogens with one attached hydrogen (secondary N) is 2.